The summed E-state index contributed by atoms with van der Waals surface area (Å²) in [6.45, 7) is 5.48. The van der Waals surface area contributed by atoms with Gasteiger partial charge in [0.15, 0.2) is 4.67 Å². The molecule has 1 saturated heterocycles. The Morgan fingerprint density at radius 2 is 1.89 bits per heavy atom. The highest BCUT2D eigenvalue weighted by Gasteiger charge is 2.09. The molecular formula is C13H20Br2N2O. The lowest BCUT2D eigenvalue weighted by atomic mass is 10.2. The first kappa shape index (κ1) is 14.6. The van der Waals surface area contributed by atoms with Crippen LogP contribution in [0.25, 0.3) is 0 Å². The van der Waals surface area contributed by atoms with Crippen LogP contribution in [0.4, 0.5) is 0 Å². The minimum atomic E-state index is 0.770. The van der Waals surface area contributed by atoms with Crippen LogP contribution in [0.5, 0.6) is 0 Å². The largest absolute Gasteiger partial charge is 0.452 e. The van der Waals surface area contributed by atoms with Crippen molar-refractivity contribution in [2.45, 2.75) is 32.2 Å². The minimum absolute atomic E-state index is 0.770. The molecule has 1 aliphatic heterocycles. The van der Waals surface area contributed by atoms with Crippen LogP contribution in [-0.2, 0) is 6.54 Å². The van der Waals surface area contributed by atoms with E-state index in [1.54, 1.807) is 0 Å². The zero-order chi connectivity index (χ0) is 12.8. The molecule has 0 bridgehead atoms. The normalized spacial score (nSPS) is 17.9. The summed E-state index contributed by atoms with van der Waals surface area (Å²) in [6.07, 6.45) is 5.52. The Hall–Kier alpha value is 0.160. The summed E-state index contributed by atoms with van der Waals surface area (Å²) in [5, 5.41) is 3.43. The Balaban J connectivity index is 1.63. The quantitative estimate of drug-likeness (QED) is 0.789. The molecule has 2 rings (SSSR count). The third-order valence-corrected chi connectivity index (χ3v) is 5.01. The van der Waals surface area contributed by atoms with Gasteiger partial charge in [0.05, 0.1) is 11.0 Å². The molecule has 0 amide bonds. The number of nitrogens with one attached hydrogen (secondary N) is 1. The van der Waals surface area contributed by atoms with Crippen LogP contribution in [0.3, 0.4) is 0 Å². The molecule has 1 N–H and O–H groups in total. The van der Waals surface area contributed by atoms with Crippen molar-refractivity contribution in [1.29, 1.82) is 0 Å². The van der Waals surface area contributed by atoms with Crippen molar-refractivity contribution in [3.63, 3.8) is 0 Å². The first-order chi connectivity index (χ1) is 8.75. The first-order valence-electron chi connectivity index (χ1n) is 6.62. The summed E-state index contributed by atoms with van der Waals surface area (Å²) in [6, 6.07) is 2.00. The highest BCUT2D eigenvalue weighted by atomic mass is 79.9. The molecule has 0 radical (unpaired) electrons. The maximum atomic E-state index is 5.52. The third-order valence-electron chi connectivity index (χ3n) is 3.30. The molecule has 0 atom stereocenters. The fourth-order valence-electron chi connectivity index (χ4n) is 2.29. The Labute approximate surface area is 126 Å². The maximum Gasteiger partial charge on any atom is 0.183 e. The summed E-state index contributed by atoms with van der Waals surface area (Å²) >= 11 is 6.77. The molecule has 0 unspecified atom stereocenters. The maximum absolute atomic E-state index is 5.52. The second kappa shape index (κ2) is 7.68. The Morgan fingerprint density at radius 1 is 1.17 bits per heavy atom. The van der Waals surface area contributed by atoms with Crippen molar-refractivity contribution >= 4 is 31.9 Å². The number of nitrogens with zero attached hydrogens (tertiary/aromatic N) is 1. The monoisotopic (exact) mass is 378 g/mol. The topological polar surface area (TPSA) is 28.4 Å². The van der Waals surface area contributed by atoms with Gasteiger partial charge < -0.3 is 14.6 Å². The van der Waals surface area contributed by atoms with E-state index in [-0.39, 0.29) is 0 Å². The number of furan rings is 1. The van der Waals surface area contributed by atoms with E-state index in [4.69, 9.17) is 4.42 Å². The highest BCUT2D eigenvalue weighted by molar-refractivity contribution is 9.13. The smallest absolute Gasteiger partial charge is 0.183 e. The molecule has 1 fully saturated rings. The molecule has 1 aliphatic rings. The van der Waals surface area contributed by atoms with Gasteiger partial charge in [0.2, 0.25) is 0 Å². The van der Waals surface area contributed by atoms with E-state index >= 15 is 0 Å². The van der Waals surface area contributed by atoms with Crippen LogP contribution in [-0.4, -0.2) is 31.1 Å². The van der Waals surface area contributed by atoms with Gasteiger partial charge in [0, 0.05) is 13.1 Å². The van der Waals surface area contributed by atoms with Crippen molar-refractivity contribution in [3.8, 4) is 0 Å². The van der Waals surface area contributed by atoms with E-state index in [2.05, 4.69) is 42.1 Å². The molecule has 1 aromatic rings. The van der Waals surface area contributed by atoms with Crippen molar-refractivity contribution in [1.82, 2.24) is 10.2 Å². The highest BCUT2D eigenvalue weighted by Crippen LogP contribution is 2.26. The van der Waals surface area contributed by atoms with Crippen LogP contribution in [0.2, 0.25) is 0 Å². The van der Waals surface area contributed by atoms with Crippen LogP contribution >= 0.6 is 31.9 Å². The first-order valence-corrected chi connectivity index (χ1v) is 8.21. The summed E-state index contributed by atoms with van der Waals surface area (Å²) in [5.74, 6) is 0.963. The molecule has 0 saturated carbocycles. The van der Waals surface area contributed by atoms with E-state index in [1.165, 1.54) is 38.8 Å². The molecule has 0 spiro atoms. The number of hydrogen-bond donors (Lipinski definition) is 1. The molecule has 5 heteroatoms. The molecule has 18 heavy (non-hydrogen) atoms. The van der Waals surface area contributed by atoms with Gasteiger partial charge in [-0.2, -0.15) is 0 Å². The van der Waals surface area contributed by atoms with Gasteiger partial charge in [0.25, 0.3) is 0 Å². The fraction of sp³-hybridized carbons (Fsp3) is 0.692. The molecule has 0 aromatic carbocycles. The van der Waals surface area contributed by atoms with Gasteiger partial charge in [-0.15, -0.1) is 0 Å². The number of rotatable bonds is 5. The summed E-state index contributed by atoms with van der Waals surface area (Å²) in [7, 11) is 0. The van der Waals surface area contributed by atoms with Gasteiger partial charge >= 0.3 is 0 Å². The summed E-state index contributed by atoms with van der Waals surface area (Å²) < 4.78 is 7.27. The molecule has 102 valence electrons. The van der Waals surface area contributed by atoms with E-state index in [1.807, 2.05) is 6.07 Å². The van der Waals surface area contributed by atoms with Gasteiger partial charge in [-0.05, 0) is 63.9 Å². The van der Waals surface area contributed by atoms with Crippen LogP contribution < -0.4 is 5.32 Å². The zero-order valence-electron chi connectivity index (χ0n) is 10.6. The van der Waals surface area contributed by atoms with Crippen LogP contribution in [0, 0.1) is 0 Å². The Bertz CT molecular complexity index is 340. The Kier molecular flexibility index (Phi) is 6.21. The van der Waals surface area contributed by atoms with E-state index in [0.29, 0.717) is 0 Å². The van der Waals surface area contributed by atoms with Gasteiger partial charge in [-0.1, -0.05) is 12.8 Å². The predicted octanol–water partition coefficient (Wildman–Crippen LogP) is 3.77. The van der Waals surface area contributed by atoms with Gasteiger partial charge in [-0.25, -0.2) is 0 Å². The van der Waals surface area contributed by atoms with Crippen molar-refractivity contribution in [2.75, 3.05) is 26.2 Å². The molecule has 1 aromatic heterocycles. The Morgan fingerprint density at radius 3 is 2.50 bits per heavy atom. The summed E-state index contributed by atoms with van der Waals surface area (Å²) in [4.78, 5) is 2.56. The lowest BCUT2D eigenvalue weighted by molar-refractivity contribution is 0.282. The second-order valence-electron chi connectivity index (χ2n) is 4.77. The van der Waals surface area contributed by atoms with Crippen molar-refractivity contribution < 1.29 is 4.42 Å². The molecule has 3 nitrogen and oxygen atoms in total. The van der Waals surface area contributed by atoms with E-state index < -0.39 is 0 Å². The van der Waals surface area contributed by atoms with Gasteiger partial charge in [0.1, 0.15) is 5.76 Å². The molecule has 2 heterocycles. The second-order valence-corrected chi connectivity index (χ2v) is 6.34. The fourth-order valence-corrected chi connectivity index (χ4v) is 2.95. The van der Waals surface area contributed by atoms with Crippen LogP contribution in [0.1, 0.15) is 31.4 Å². The lowest BCUT2D eigenvalue weighted by Crippen LogP contribution is -2.32. The van der Waals surface area contributed by atoms with E-state index in [0.717, 1.165) is 34.5 Å². The van der Waals surface area contributed by atoms with Gasteiger partial charge in [-0.3, -0.25) is 0 Å². The SMILES string of the molecule is Brc1cc(CNCCN2CCCCCC2)oc1Br. The lowest BCUT2D eigenvalue weighted by Gasteiger charge is -2.19. The van der Waals surface area contributed by atoms with E-state index in [9.17, 15) is 0 Å². The molecular weight excluding hydrogens is 360 g/mol. The third kappa shape index (κ3) is 4.68. The summed E-state index contributed by atoms with van der Waals surface area (Å²) in [5.41, 5.74) is 0. The number of hydrogen-bond acceptors (Lipinski definition) is 3. The number of likely N-dealkylation sites (tertiary alicyclic amines) is 1. The van der Waals surface area contributed by atoms with Crippen LogP contribution in [0.15, 0.2) is 19.6 Å². The average molecular weight is 380 g/mol. The number of halogens is 2. The van der Waals surface area contributed by atoms with Crippen molar-refractivity contribution in [3.05, 3.63) is 21.0 Å². The average Bonchev–Trinajstić information content (AvgIpc) is 2.59. The predicted molar refractivity (Wildman–Crippen MR) is 80.7 cm³/mol. The molecule has 0 aliphatic carbocycles. The zero-order valence-corrected chi connectivity index (χ0v) is 13.7. The minimum Gasteiger partial charge on any atom is -0.452 e. The standard InChI is InChI=1S/C13H20Br2N2O/c14-12-9-11(18-13(12)15)10-16-5-8-17-6-3-1-2-4-7-17/h9,16H,1-8,10H2. The van der Waals surface area contributed by atoms with Crippen molar-refractivity contribution in [2.24, 2.45) is 0 Å².